The molecule has 0 aliphatic heterocycles. The first-order valence-electron chi connectivity index (χ1n) is 6.30. The highest BCUT2D eigenvalue weighted by molar-refractivity contribution is 7.98. The van der Waals surface area contributed by atoms with Crippen LogP contribution in [0.4, 0.5) is 17.3 Å². The Labute approximate surface area is 132 Å². The molecular weight excluding hydrogens is 306 g/mol. The predicted octanol–water partition coefficient (Wildman–Crippen LogP) is 3.90. The van der Waals surface area contributed by atoms with Crippen LogP contribution in [-0.4, -0.2) is 22.8 Å². The van der Waals surface area contributed by atoms with Crippen LogP contribution >= 0.6 is 23.4 Å². The lowest BCUT2D eigenvalue weighted by Gasteiger charge is -2.11. The molecule has 0 atom stereocenters. The number of benzene rings is 1. The van der Waals surface area contributed by atoms with E-state index < -0.39 is 0 Å². The van der Waals surface area contributed by atoms with Gasteiger partial charge in [-0.1, -0.05) is 23.4 Å². The van der Waals surface area contributed by atoms with Gasteiger partial charge in [0.05, 0.1) is 11.3 Å². The van der Waals surface area contributed by atoms with Crippen LogP contribution in [0.15, 0.2) is 29.4 Å². The molecule has 0 radical (unpaired) electrons. The Bertz CT molecular complexity index is 684. The Morgan fingerprint density at radius 1 is 1.29 bits per heavy atom. The minimum absolute atomic E-state index is 0.508. The van der Waals surface area contributed by atoms with E-state index in [4.69, 9.17) is 16.9 Å². The maximum atomic E-state index is 9.14. The van der Waals surface area contributed by atoms with Gasteiger partial charge in [0.15, 0.2) is 5.16 Å². The van der Waals surface area contributed by atoms with E-state index in [0.717, 1.165) is 12.4 Å². The molecule has 0 fully saturated rings. The van der Waals surface area contributed by atoms with Gasteiger partial charge < -0.3 is 10.6 Å². The summed E-state index contributed by atoms with van der Waals surface area (Å²) in [6.07, 6.45) is 1.91. The number of hydrogen-bond donors (Lipinski definition) is 2. The third kappa shape index (κ3) is 4.00. The molecule has 21 heavy (non-hydrogen) atoms. The standard InChI is InChI=1S/C14H14ClN5S/c1-3-17-12-7-13(20-14(19-12)21-2)18-11-6-10(15)5-4-9(11)8-16/h4-7H,3H2,1-2H3,(H2,17,18,19,20). The average Bonchev–Trinajstić information content (AvgIpc) is 2.47. The molecule has 1 aromatic heterocycles. The SMILES string of the molecule is CCNc1cc(Nc2cc(Cl)ccc2C#N)nc(SC)n1. The summed E-state index contributed by atoms with van der Waals surface area (Å²) < 4.78 is 0. The summed E-state index contributed by atoms with van der Waals surface area (Å²) in [5.41, 5.74) is 1.13. The summed E-state index contributed by atoms with van der Waals surface area (Å²) in [4.78, 5) is 8.74. The fraction of sp³-hybridized carbons (Fsp3) is 0.214. The molecule has 0 amide bonds. The van der Waals surface area contributed by atoms with E-state index in [1.54, 1.807) is 24.3 Å². The zero-order valence-corrected chi connectivity index (χ0v) is 13.2. The van der Waals surface area contributed by atoms with Crippen molar-refractivity contribution in [3.05, 3.63) is 34.9 Å². The van der Waals surface area contributed by atoms with E-state index in [1.807, 2.05) is 13.2 Å². The van der Waals surface area contributed by atoms with E-state index in [2.05, 4.69) is 26.7 Å². The molecule has 1 aromatic carbocycles. The molecule has 0 spiro atoms. The monoisotopic (exact) mass is 319 g/mol. The smallest absolute Gasteiger partial charge is 0.191 e. The molecular formula is C14H14ClN5S. The summed E-state index contributed by atoms with van der Waals surface area (Å²) in [6.45, 7) is 2.77. The van der Waals surface area contributed by atoms with Gasteiger partial charge in [-0.2, -0.15) is 5.26 Å². The number of nitrogens with zero attached hydrogens (tertiary/aromatic N) is 3. The summed E-state index contributed by atoms with van der Waals surface area (Å²) in [5.74, 6) is 1.35. The largest absolute Gasteiger partial charge is 0.370 e. The molecule has 2 rings (SSSR count). The molecule has 0 saturated heterocycles. The van der Waals surface area contributed by atoms with Gasteiger partial charge in [-0.25, -0.2) is 9.97 Å². The quantitative estimate of drug-likeness (QED) is 0.643. The zero-order valence-electron chi connectivity index (χ0n) is 11.6. The number of nitriles is 1. The molecule has 0 aliphatic rings. The number of thioether (sulfide) groups is 1. The van der Waals surface area contributed by atoms with Crippen molar-refractivity contribution in [3.8, 4) is 6.07 Å². The van der Waals surface area contributed by atoms with Crippen molar-refractivity contribution in [2.75, 3.05) is 23.4 Å². The van der Waals surface area contributed by atoms with Gasteiger partial charge in [0.1, 0.15) is 17.7 Å². The van der Waals surface area contributed by atoms with E-state index >= 15 is 0 Å². The van der Waals surface area contributed by atoms with Crippen LogP contribution in [0.1, 0.15) is 12.5 Å². The van der Waals surface area contributed by atoms with Gasteiger partial charge in [0.25, 0.3) is 0 Å². The van der Waals surface area contributed by atoms with Crippen molar-refractivity contribution in [2.45, 2.75) is 12.1 Å². The van der Waals surface area contributed by atoms with Gasteiger partial charge in [-0.3, -0.25) is 0 Å². The van der Waals surface area contributed by atoms with Crippen LogP contribution in [0.2, 0.25) is 5.02 Å². The normalized spacial score (nSPS) is 10.0. The van der Waals surface area contributed by atoms with Crippen LogP contribution in [0.25, 0.3) is 0 Å². The fourth-order valence-corrected chi connectivity index (χ4v) is 2.26. The molecule has 0 saturated carbocycles. The van der Waals surface area contributed by atoms with Crippen LogP contribution in [0, 0.1) is 11.3 Å². The topological polar surface area (TPSA) is 73.6 Å². The third-order valence-electron chi connectivity index (χ3n) is 2.61. The highest BCUT2D eigenvalue weighted by Gasteiger charge is 2.07. The number of anilines is 3. The molecule has 1 heterocycles. The highest BCUT2D eigenvalue weighted by Crippen LogP contribution is 2.25. The second kappa shape index (κ2) is 7.16. The molecule has 0 aliphatic carbocycles. The summed E-state index contributed by atoms with van der Waals surface area (Å²) in [7, 11) is 0. The highest BCUT2D eigenvalue weighted by atomic mass is 35.5. The molecule has 5 nitrogen and oxygen atoms in total. The van der Waals surface area contributed by atoms with E-state index in [9.17, 15) is 0 Å². The van der Waals surface area contributed by atoms with Crippen molar-refractivity contribution >= 4 is 40.7 Å². The van der Waals surface area contributed by atoms with Crippen molar-refractivity contribution in [1.82, 2.24) is 9.97 Å². The summed E-state index contributed by atoms with van der Waals surface area (Å²) in [5, 5.41) is 16.6. The number of rotatable bonds is 5. The zero-order chi connectivity index (χ0) is 15.2. The summed E-state index contributed by atoms with van der Waals surface area (Å²) >= 11 is 7.43. The van der Waals surface area contributed by atoms with E-state index in [0.29, 0.717) is 27.2 Å². The number of hydrogen-bond acceptors (Lipinski definition) is 6. The third-order valence-corrected chi connectivity index (χ3v) is 3.39. The van der Waals surface area contributed by atoms with Gasteiger partial charge >= 0.3 is 0 Å². The van der Waals surface area contributed by atoms with Crippen molar-refractivity contribution in [2.24, 2.45) is 0 Å². The Hall–Kier alpha value is -1.97. The molecule has 2 N–H and O–H groups in total. The maximum absolute atomic E-state index is 9.14. The van der Waals surface area contributed by atoms with Crippen LogP contribution in [-0.2, 0) is 0 Å². The maximum Gasteiger partial charge on any atom is 0.191 e. The Morgan fingerprint density at radius 2 is 2.05 bits per heavy atom. The van der Waals surface area contributed by atoms with Crippen LogP contribution in [0.3, 0.4) is 0 Å². The summed E-state index contributed by atoms with van der Waals surface area (Å²) in [6, 6.07) is 8.98. The number of aromatic nitrogens is 2. The molecule has 0 unspecified atom stereocenters. The second-order valence-corrected chi connectivity index (χ2v) is 5.29. The Kier molecular flexibility index (Phi) is 5.26. The minimum Gasteiger partial charge on any atom is -0.370 e. The fourth-order valence-electron chi connectivity index (χ4n) is 1.71. The molecule has 2 aromatic rings. The second-order valence-electron chi connectivity index (χ2n) is 4.08. The predicted molar refractivity (Wildman–Crippen MR) is 87.4 cm³/mol. The lowest BCUT2D eigenvalue weighted by atomic mass is 10.2. The van der Waals surface area contributed by atoms with Crippen LogP contribution < -0.4 is 10.6 Å². The van der Waals surface area contributed by atoms with E-state index in [1.165, 1.54) is 11.8 Å². The first kappa shape index (κ1) is 15.4. The molecule has 108 valence electrons. The average molecular weight is 320 g/mol. The lowest BCUT2D eigenvalue weighted by molar-refractivity contribution is 0.967. The van der Waals surface area contributed by atoms with Crippen molar-refractivity contribution < 1.29 is 0 Å². The minimum atomic E-state index is 0.508. The molecule has 0 bridgehead atoms. The first-order valence-corrected chi connectivity index (χ1v) is 7.90. The van der Waals surface area contributed by atoms with Gasteiger partial charge in [0.2, 0.25) is 0 Å². The van der Waals surface area contributed by atoms with Gasteiger partial charge in [0, 0.05) is 17.6 Å². The first-order chi connectivity index (χ1) is 10.2. The van der Waals surface area contributed by atoms with Crippen LogP contribution in [0.5, 0.6) is 0 Å². The van der Waals surface area contributed by atoms with E-state index in [-0.39, 0.29) is 0 Å². The van der Waals surface area contributed by atoms with Gasteiger partial charge in [-0.15, -0.1) is 0 Å². The lowest BCUT2D eigenvalue weighted by Crippen LogP contribution is -2.04. The number of nitrogens with one attached hydrogen (secondary N) is 2. The van der Waals surface area contributed by atoms with Crippen molar-refractivity contribution in [1.29, 1.82) is 5.26 Å². The van der Waals surface area contributed by atoms with Gasteiger partial charge in [-0.05, 0) is 31.4 Å². The Morgan fingerprint density at radius 3 is 2.71 bits per heavy atom. The Balaban J connectivity index is 2.37. The van der Waals surface area contributed by atoms with Crippen molar-refractivity contribution in [3.63, 3.8) is 0 Å². The molecule has 7 heteroatoms. The number of halogens is 1.